The van der Waals surface area contributed by atoms with Gasteiger partial charge in [0.15, 0.2) is 5.78 Å². The third-order valence-electron chi connectivity index (χ3n) is 3.65. The highest BCUT2D eigenvalue weighted by Gasteiger charge is 2.33. The molecule has 98 valence electrons. The second-order valence-electron chi connectivity index (χ2n) is 5.32. The van der Waals surface area contributed by atoms with E-state index in [0.717, 1.165) is 29.7 Å². The number of nitrogens with zero attached hydrogens (tertiary/aromatic N) is 1. The van der Waals surface area contributed by atoms with E-state index in [2.05, 4.69) is 11.8 Å². The monoisotopic (exact) mass is 247 g/mol. The predicted octanol–water partition coefficient (Wildman–Crippen LogP) is 2.47. The maximum absolute atomic E-state index is 12.1. The second-order valence-corrected chi connectivity index (χ2v) is 5.32. The van der Waals surface area contributed by atoms with Crippen molar-refractivity contribution in [3.8, 4) is 5.75 Å². The number of carbonyl (C=O) groups excluding carboxylic acids is 1. The molecule has 0 bridgehead atoms. The van der Waals surface area contributed by atoms with Crippen molar-refractivity contribution in [1.29, 1.82) is 0 Å². The van der Waals surface area contributed by atoms with Gasteiger partial charge < -0.3 is 4.74 Å². The molecule has 0 N–H and O–H groups in total. The first-order valence-electron chi connectivity index (χ1n) is 6.46. The van der Waals surface area contributed by atoms with E-state index in [1.54, 1.807) is 7.11 Å². The first-order chi connectivity index (χ1) is 8.60. The largest absolute Gasteiger partial charge is 0.497 e. The van der Waals surface area contributed by atoms with Crippen LogP contribution in [0.5, 0.6) is 5.75 Å². The van der Waals surface area contributed by atoms with Crippen LogP contribution in [0.3, 0.4) is 0 Å². The zero-order chi connectivity index (χ0) is 13.1. The van der Waals surface area contributed by atoms with Crippen LogP contribution >= 0.6 is 0 Å². The number of hydrogen-bond acceptors (Lipinski definition) is 3. The van der Waals surface area contributed by atoms with Crippen molar-refractivity contribution in [2.24, 2.45) is 11.8 Å². The van der Waals surface area contributed by atoms with E-state index in [-0.39, 0.29) is 5.78 Å². The molecule has 2 atom stereocenters. The lowest BCUT2D eigenvalue weighted by atomic mass is 10.1. The van der Waals surface area contributed by atoms with E-state index in [1.165, 1.54) is 6.42 Å². The molecule has 0 aromatic heterocycles. The van der Waals surface area contributed by atoms with Gasteiger partial charge in [-0.2, -0.15) is 0 Å². The van der Waals surface area contributed by atoms with Crippen molar-refractivity contribution in [3.63, 3.8) is 0 Å². The highest BCUT2D eigenvalue weighted by Crippen LogP contribution is 2.37. The Bertz CT molecular complexity index is 413. The third-order valence-corrected chi connectivity index (χ3v) is 3.65. The van der Waals surface area contributed by atoms with Crippen LogP contribution in [0.25, 0.3) is 0 Å². The van der Waals surface area contributed by atoms with Gasteiger partial charge >= 0.3 is 0 Å². The Labute approximate surface area is 109 Å². The number of carbonyl (C=O) groups is 1. The minimum Gasteiger partial charge on any atom is -0.497 e. The average molecular weight is 247 g/mol. The van der Waals surface area contributed by atoms with Gasteiger partial charge in [0.2, 0.25) is 0 Å². The topological polar surface area (TPSA) is 29.5 Å². The minimum atomic E-state index is 0.174. The molecule has 0 spiro atoms. The van der Waals surface area contributed by atoms with Gasteiger partial charge in [0.25, 0.3) is 0 Å². The molecular formula is C15H21NO2. The Hall–Kier alpha value is -1.35. The summed E-state index contributed by atoms with van der Waals surface area (Å²) in [4.78, 5) is 14.2. The predicted molar refractivity (Wildman–Crippen MR) is 72.1 cm³/mol. The van der Waals surface area contributed by atoms with Gasteiger partial charge in [0.05, 0.1) is 13.7 Å². The van der Waals surface area contributed by atoms with Crippen LogP contribution in [0.1, 0.15) is 23.7 Å². The second kappa shape index (κ2) is 5.53. The van der Waals surface area contributed by atoms with Crippen LogP contribution in [0, 0.1) is 11.8 Å². The molecule has 3 heteroatoms. The lowest BCUT2D eigenvalue weighted by molar-refractivity contribution is 0.0943. The number of ether oxygens (including phenoxy) is 1. The number of likely N-dealkylation sites (N-methyl/N-ethyl adjacent to an activating group) is 1. The number of benzene rings is 1. The smallest absolute Gasteiger partial charge is 0.176 e. The van der Waals surface area contributed by atoms with Gasteiger partial charge in [0, 0.05) is 12.1 Å². The number of ketones is 1. The molecule has 0 aliphatic heterocycles. The van der Waals surface area contributed by atoms with Gasteiger partial charge in [-0.3, -0.25) is 9.69 Å². The normalized spacial score (nSPS) is 22.0. The fraction of sp³-hybridized carbons (Fsp3) is 0.533. The van der Waals surface area contributed by atoms with E-state index in [4.69, 9.17) is 4.74 Å². The van der Waals surface area contributed by atoms with Gasteiger partial charge in [-0.25, -0.2) is 0 Å². The Morgan fingerprint density at radius 1 is 1.39 bits per heavy atom. The highest BCUT2D eigenvalue weighted by atomic mass is 16.5. The SMILES string of the molecule is COc1ccc(C(=O)CN(C)CC2CC2C)cc1. The van der Waals surface area contributed by atoms with Crippen molar-refractivity contribution < 1.29 is 9.53 Å². The highest BCUT2D eigenvalue weighted by molar-refractivity contribution is 5.97. The maximum atomic E-state index is 12.1. The Morgan fingerprint density at radius 3 is 2.50 bits per heavy atom. The van der Waals surface area contributed by atoms with Crippen molar-refractivity contribution in [2.45, 2.75) is 13.3 Å². The van der Waals surface area contributed by atoms with Crippen LogP contribution in [0.4, 0.5) is 0 Å². The van der Waals surface area contributed by atoms with Crippen LogP contribution in [0.2, 0.25) is 0 Å². The molecule has 3 nitrogen and oxygen atoms in total. The Balaban J connectivity index is 1.86. The number of Topliss-reactive ketones (excluding diaryl/α,β-unsaturated/α-hetero) is 1. The zero-order valence-electron chi connectivity index (χ0n) is 11.3. The zero-order valence-corrected chi connectivity index (χ0v) is 11.3. The van der Waals surface area contributed by atoms with Crippen LogP contribution < -0.4 is 4.74 Å². The van der Waals surface area contributed by atoms with Crippen molar-refractivity contribution in [3.05, 3.63) is 29.8 Å². The summed E-state index contributed by atoms with van der Waals surface area (Å²) in [5, 5.41) is 0. The summed E-state index contributed by atoms with van der Waals surface area (Å²) in [7, 11) is 3.65. The maximum Gasteiger partial charge on any atom is 0.176 e. The summed E-state index contributed by atoms with van der Waals surface area (Å²) in [6.45, 7) is 3.79. The molecule has 0 saturated heterocycles. The van der Waals surface area contributed by atoms with E-state index in [9.17, 15) is 4.79 Å². The molecule has 18 heavy (non-hydrogen) atoms. The molecule has 2 rings (SSSR count). The van der Waals surface area contributed by atoms with Crippen molar-refractivity contribution in [1.82, 2.24) is 4.90 Å². The van der Waals surface area contributed by atoms with Crippen LogP contribution in [-0.2, 0) is 0 Å². The quantitative estimate of drug-likeness (QED) is 0.723. The lowest BCUT2D eigenvalue weighted by Crippen LogP contribution is -2.28. The number of methoxy groups -OCH3 is 1. The Kier molecular flexibility index (Phi) is 4.02. The molecule has 1 aliphatic rings. The molecule has 1 aromatic rings. The fourth-order valence-electron chi connectivity index (χ4n) is 2.23. The molecule has 1 aliphatic carbocycles. The third kappa shape index (κ3) is 3.33. The molecule has 1 aromatic carbocycles. The molecule has 0 heterocycles. The molecule has 2 unspecified atom stereocenters. The van der Waals surface area contributed by atoms with Crippen molar-refractivity contribution in [2.75, 3.05) is 27.2 Å². The summed E-state index contributed by atoms with van der Waals surface area (Å²) in [5.74, 6) is 2.59. The van der Waals surface area contributed by atoms with E-state index in [1.807, 2.05) is 31.3 Å². The standard InChI is InChI=1S/C15H21NO2/c1-11-8-13(11)9-16(2)10-15(17)12-4-6-14(18-3)7-5-12/h4-7,11,13H,8-10H2,1-3H3. The van der Waals surface area contributed by atoms with Gasteiger partial charge in [0.1, 0.15) is 5.75 Å². The molecule has 1 saturated carbocycles. The first-order valence-corrected chi connectivity index (χ1v) is 6.46. The lowest BCUT2D eigenvalue weighted by Gasteiger charge is -2.15. The van der Waals surface area contributed by atoms with Gasteiger partial charge in [-0.1, -0.05) is 6.92 Å². The summed E-state index contributed by atoms with van der Waals surface area (Å²) in [5.41, 5.74) is 0.756. The summed E-state index contributed by atoms with van der Waals surface area (Å²) in [6, 6.07) is 7.32. The summed E-state index contributed by atoms with van der Waals surface area (Å²) < 4.78 is 5.08. The molecule has 0 amide bonds. The van der Waals surface area contributed by atoms with Crippen LogP contribution in [-0.4, -0.2) is 37.9 Å². The first kappa shape index (κ1) is 13.1. The number of rotatable bonds is 6. The molecule has 1 fully saturated rings. The summed E-state index contributed by atoms with van der Waals surface area (Å²) >= 11 is 0. The van der Waals surface area contributed by atoms with Crippen LogP contribution in [0.15, 0.2) is 24.3 Å². The minimum absolute atomic E-state index is 0.174. The number of hydrogen-bond donors (Lipinski definition) is 0. The van der Waals surface area contributed by atoms with E-state index < -0.39 is 0 Å². The Morgan fingerprint density at radius 2 is 2.00 bits per heavy atom. The fourth-order valence-corrected chi connectivity index (χ4v) is 2.23. The molecular weight excluding hydrogens is 226 g/mol. The van der Waals surface area contributed by atoms with Crippen molar-refractivity contribution >= 4 is 5.78 Å². The van der Waals surface area contributed by atoms with E-state index in [0.29, 0.717) is 6.54 Å². The van der Waals surface area contributed by atoms with Gasteiger partial charge in [-0.15, -0.1) is 0 Å². The van der Waals surface area contributed by atoms with Gasteiger partial charge in [-0.05, 0) is 49.6 Å². The summed E-state index contributed by atoms with van der Waals surface area (Å²) in [6.07, 6.45) is 1.31. The van der Waals surface area contributed by atoms with E-state index >= 15 is 0 Å². The average Bonchev–Trinajstić information content (AvgIpc) is 3.04. The molecule has 0 radical (unpaired) electrons.